The number of alkyl halides is 3. The van der Waals surface area contributed by atoms with Gasteiger partial charge in [-0.2, -0.15) is 13.2 Å². The summed E-state index contributed by atoms with van der Waals surface area (Å²) in [6, 6.07) is 14.1. The van der Waals surface area contributed by atoms with Crippen molar-refractivity contribution in [2.75, 3.05) is 31.1 Å². The Bertz CT molecular complexity index is 2000. The van der Waals surface area contributed by atoms with E-state index in [4.69, 9.17) is 9.47 Å². The van der Waals surface area contributed by atoms with Crippen LogP contribution in [0.3, 0.4) is 0 Å². The van der Waals surface area contributed by atoms with Crippen molar-refractivity contribution in [1.82, 2.24) is 24.8 Å². The number of aromatic nitrogens is 4. The number of nitrogens with one attached hydrogen (secondary N) is 1. The summed E-state index contributed by atoms with van der Waals surface area (Å²) in [5.41, 5.74) is 2.68. The highest BCUT2D eigenvalue weighted by atomic mass is 19.4. The number of carbonyl (C=O) groups is 1. The second-order valence-electron chi connectivity index (χ2n) is 13.8. The number of amides is 1. The van der Waals surface area contributed by atoms with Gasteiger partial charge < -0.3 is 24.3 Å². The third-order valence-corrected chi connectivity index (χ3v) is 10.1. The number of likely N-dealkylation sites (tertiary alicyclic amines) is 1. The van der Waals surface area contributed by atoms with Crippen LogP contribution in [0.2, 0.25) is 0 Å². The number of halogens is 3. The maximum atomic E-state index is 14.6. The highest BCUT2D eigenvalue weighted by Gasteiger charge is 2.38. The Morgan fingerprint density at radius 3 is 2.56 bits per heavy atom. The second-order valence-corrected chi connectivity index (χ2v) is 13.8. The van der Waals surface area contributed by atoms with Gasteiger partial charge in [-0.05, 0) is 48.9 Å². The van der Waals surface area contributed by atoms with Gasteiger partial charge in [0.2, 0.25) is 5.88 Å². The molecule has 0 aliphatic carbocycles. The van der Waals surface area contributed by atoms with Gasteiger partial charge in [0.1, 0.15) is 29.4 Å². The number of carbonyl (C=O) groups excluding carboxylic acids is 1. The Morgan fingerprint density at radius 1 is 0.962 bits per heavy atom. The van der Waals surface area contributed by atoms with E-state index in [1.807, 2.05) is 18.2 Å². The molecule has 1 saturated heterocycles. The maximum absolute atomic E-state index is 14.6. The van der Waals surface area contributed by atoms with Crippen LogP contribution in [-0.4, -0.2) is 63.1 Å². The molecule has 3 aromatic heterocycles. The highest BCUT2D eigenvalue weighted by Crippen LogP contribution is 2.42. The van der Waals surface area contributed by atoms with Crippen LogP contribution in [0.15, 0.2) is 61.1 Å². The Kier molecular flexibility index (Phi) is 10.8. The number of anilines is 1. The lowest BCUT2D eigenvalue weighted by atomic mass is 10.0. The van der Waals surface area contributed by atoms with Crippen LogP contribution >= 0.6 is 0 Å². The first-order valence-electron chi connectivity index (χ1n) is 18.5. The largest absolute Gasteiger partial charge is 0.493 e. The predicted molar refractivity (Wildman–Crippen MR) is 195 cm³/mol. The Morgan fingerprint density at radius 2 is 1.77 bits per heavy atom. The number of ether oxygens (including phenoxy) is 2. The average molecular weight is 715 g/mol. The van der Waals surface area contributed by atoms with Crippen molar-refractivity contribution in [2.24, 2.45) is 0 Å². The third kappa shape index (κ3) is 7.95. The molecular weight excluding hydrogens is 669 g/mol. The van der Waals surface area contributed by atoms with Crippen LogP contribution in [0.5, 0.6) is 11.6 Å². The molecule has 2 aliphatic rings. The number of hydrogen-bond acceptors (Lipinski definition) is 7. The van der Waals surface area contributed by atoms with Crippen LogP contribution in [-0.2, 0) is 19.1 Å². The van der Waals surface area contributed by atoms with E-state index in [1.54, 1.807) is 35.4 Å². The zero-order chi connectivity index (χ0) is 36.1. The van der Waals surface area contributed by atoms with E-state index in [9.17, 15) is 18.0 Å². The predicted octanol–water partition coefficient (Wildman–Crippen LogP) is 8.90. The van der Waals surface area contributed by atoms with Gasteiger partial charge in [-0.15, -0.1) is 0 Å². The summed E-state index contributed by atoms with van der Waals surface area (Å²) in [5.74, 6) is 0.257. The van der Waals surface area contributed by atoms with E-state index >= 15 is 0 Å². The molecule has 0 spiro atoms. The SMILES string of the molecule is CCCCCCCCCCOc1ccc2cc3ccc(N4CCc5ncnc(O[C@H]6CCN(C(=O)c7ccc[nH]7)C6)c5C4)cc3nc2c1C(F)(F)F. The molecule has 0 radical (unpaired) electrons. The van der Waals surface area contributed by atoms with Crippen LogP contribution in [0.25, 0.3) is 21.8 Å². The molecule has 1 amide bonds. The first kappa shape index (κ1) is 35.5. The molecule has 9 nitrogen and oxygen atoms in total. The molecule has 274 valence electrons. The van der Waals surface area contributed by atoms with Crippen molar-refractivity contribution in [1.29, 1.82) is 0 Å². The van der Waals surface area contributed by atoms with Crippen molar-refractivity contribution in [3.8, 4) is 11.6 Å². The fourth-order valence-corrected chi connectivity index (χ4v) is 7.31. The van der Waals surface area contributed by atoms with Crippen LogP contribution in [0.4, 0.5) is 18.9 Å². The number of pyridine rings is 1. The summed E-state index contributed by atoms with van der Waals surface area (Å²) in [4.78, 5) is 33.3. The normalized spacial score (nSPS) is 16.1. The standard InChI is InChI=1S/C40H45F3N6O3/c1-2-3-4-5-6-7-8-9-21-51-35-15-13-28-22-27-12-14-29(23-34(27)47-37(28)36(35)40(41,42)43)48-20-17-32-31(25-48)38(46-26-45-32)52-30-16-19-49(24-30)39(50)33-11-10-18-44-33/h10-15,18,22-23,26,30,44H,2-9,16-17,19-21,24-25H2,1H3/t30-/m0/s1. The van der Waals surface area contributed by atoms with Crippen LogP contribution < -0.4 is 14.4 Å². The van der Waals surface area contributed by atoms with Crippen molar-refractivity contribution in [3.05, 3.63) is 83.6 Å². The number of hydrogen-bond donors (Lipinski definition) is 1. The molecule has 0 bridgehead atoms. The van der Waals surface area contributed by atoms with E-state index in [-0.39, 0.29) is 29.9 Å². The molecule has 7 rings (SSSR count). The van der Waals surface area contributed by atoms with Gasteiger partial charge in [-0.3, -0.25) is 4.79 Å². The first-order chi connectivity index (χ1) is 25.3. The second kappa shape index (κ2) is 15.8. The molecule has 52 heavy (non-hydrogen) atoms. The number of benzene rings is 2. The zero-order valence-electron chi connectivity index (χ0n) is 29.6. The van der Waals surface area contributed by atoms with Gasteiger partial charge >= 0.3 is 6.18 Å². The Labute approximate surface area is 301 Å². The minimum Gasteiger partial charge on any atom is -0.493 e. The molecule has 0 unspecified atom stereocenters. The number of nitrogens with zero attached hydrogens (tertiary/aromatic N) is 5. The third-order valence-electron chi connectivity index (χ3n) is 10.1. The molecule has 0 saturated carbocycles. The van der Waals surface area contributed by atoms with E-state index in [0.29, 0.717) is 67.9 Å². The number of unbranched alkanes of at least 4 members (excludes halogenated alkanes) is 7. The van der Waals surface area contributed by atoms with Gasteiger partial charge in [0, 0.05) is 48.6 Å². The highest BCUT2D eigenvalue weighted by molar-refractivity contribution is 5.96. The fraction of sp³-hybridized carbons (Fsp3) is 0.450. The number of fused-ring (bicyclic) bond motifs is 3. The Balaban J connectivity index is 1.06. The summed E-state index contributed by atoms with van der Waals surface area (Å²) >= 11 is 0. The first-order valence-corrected chi connectivity index (χ1v) is 18.5. The molecule has 2 aliphatic heterocycles. The summed E-state index contributed by atoms with van der Waals surface area (Å²) in [7, 11) is 0. The van der Waals surface area contributed by atoms with E-state index in [1.165, 1.54) is 38.1 Å². The molecule has 12 heteroatoms. The van der Waals surface area contributed by atoms with E-state index in [0.717, 1.165) is 41.6 Å². The molecule has 1 fully saturated rings. The van der Waals surface area contributed by atoms with Crippen molar-refractivity contribution < 1.29 is 27.4 Å². The summed E-state index contributed by atoms with van der Waals surface area (Å²) < 4.78 is 56.0. The van der Waals surface area contributed by atoms with Gasteiger partial charge in [0.05, 0.1) is 42.0 Å². The van der Waals surface area contributed by atoms with Crippen LogP contribution in [0, 0.1) is 0 Å². The minimum atomic E-state index is -4.63. The topological polar surface area (TPSA) is 96.5 Å². The molecule has 2 aromatic carbocycles. The molecule has 5 aromatic rings. The lowest BCUT2D eigenvalue weighted by molar-refractivity contribution is -0.137. The van der Waals surface area contributed by atoms with Gasteiger partial charge in [0.25, 0.3) is 5.91 Å². The summed E-state index contributed by atoms with van der Waals surface area (Å²) in [6.07, 6.45) is 8.48. The quantitative estimate of drug-likeness (QED) is 0.0907. The lowest BCUT2D eigenvalue weighted by Crippen LogP contribution is -2.33. The average Bonchev–Trinajstić information content (AvgIpc) is 3.86. The lowest BCUT2D eigenvalue weighted by Gasteiger charge is -2.31. The number of H-pyrrole nitrogens is 1. The molecule has 1 atom stereocenters. The zero-order valence-corrected chi connectivity index (χ0v) is 29.6. The number of rotatable bonds is 14. The van der Waals surface area contributed by atoms with Gasteiger partial charge in [-0.1, -0.05) is 57.9 Å². The number of aromatic amines is 1. The summed E-state index contributed by atoms with van der Waals surface area (Å²) in [6.45, 7) is 4.59. The van der Waals surface area contributed by atoms with Crippen molar-refractivity contribution >= 4 is 33.4 Å². The van der Waals surface area contributed by atoms with Crippen LogP contribution in [0.1, 0.15) is 92.0 Å². The maximum Gasteiger partial charge on any atom is 0.422 e. The smallest absolute Gasteiger partial charge is 0.422 e. The molecular formula is C40H45F3N6O3. The molecule has 1 N–H and O–H groups in total. The van der Waals surface area contributed by atoms with E-state index < -0.39 is 11.7 Å². The van der Waals surface area contributed by atoms with Gasteiger partial charge in [0.15, 0.2) is 0 Å². The minimum absolute atomic E-state index is 0.0606. The summed E-state index contributed by atoms with van der Waals surface area (Å²) in [5, 5.41) is 1.17. The monoisotopic (exact) mass is 714 g/mol. The van der Waals surface area contributed by atoms with Crippen molar-refractivity contribution in [3.63, 3.8) is 0 Å². The van der Waals surface area contributed by atoms with E-state index in [2.05, 4.69) is 31.8 Å². The fourth-order valence-electron chi connectivity index (χ4n) is 7.31. The Hall–Kier alpha value is -4.87. The molecule has 5 heterocycles. The van der Waals surface area contributed by atoms with Crippen molar-refractivity contribution in [2.45, 2.75) is 90.0 Å². The van der Waals surface area contributed by atoms with Gasteiger partial charge in [-0.25, -0.2) is 15.0 Å².